The molecular weight excluding hydrogens is 258 g/mol. The molecular formula is C15H21NO4. The number of hydrogen-bond donors (Lipinski definition) is 2. The van der Waals surface area contributed by atoms with Crippen molar-refractivity contribution in [1.82, 2.24) is 4.90 Å². The number of ether oxygens (including phenoxy) is 1. The van der Waals surface area contributed by atoms with E-state index in [1.165, 1.54) is 7.11 Å². The normalized spacial score (nSPS) is 19.5. The van der Waals surface area contributed by atoms with Gasteiger partial charge in [-0.3, -0.25) is 4.79 Å². The van der Waals surface area contributed by atoms with Gasteiger partial charge in [0.2, 0.25) is 0 Å². The van der Waals surface area contributed by atoms with Crippen molar-refractivity contribution in [2.75, 3.05) is 20.3 Å². The van der Waals surface area contributed by atoms with Gasteiger partial charge in [-0.05, 0) is 25.0 Å². The fourth-order valence-corrected chi connectivity index (χ4v) is 2.65. The number of phenols is 1. The molecule has 5 nitrogen and oxygen atoms in total. The molecule has 110 valence electrons. The van der Waals surface area contributed by atoms with Crippen LogP contribution in [0.5, 0.6) is 11.5 Å². The number of nitrogens with zero attached hydrogens (tertiary/aromatic N) is 1. The largest absolute Gasteiger partial charge is 0.504 e. The molecule has 1 aliphatic rings. The fraction of sp³-hybridized carbons (Fsp3) is 0.533. The van der Waals surface area contributed by atoms with Gasteiger partial charge in [-0.25, -0.2) is 0 Å². The van der Waals surface area contributed by atoms with Crippen LogP contribution in [0.1, 0.15) is 36.0 Å². The first-order valence-corrected chi connectivity index (χ1v) is 6.96. The first-order chi connectivity index (χ1) is 9.69. The lowest BCUT2D eigenvalue weighted by Gasteiger charge is -2.29. The van der Waals surface area contributed by atoms with Crippen LogP contribution < -0.4 is 4.74 Å². The molecule has 0 spiro atoms. The third-order valence-corrected chi connectivity index (χ3v) is 3.80. The van der Waals surface area contributed by atoms with Crippen molar-refractivity contribution < 1.29 is 19.7 Å². The predicted octanol–water partition coefficient (Wildman–Crippen LogP) is 1.78. The maximum absolute atomic E-state index is 12.6. The zero-order chi connectivity index (χ0) is 14.5. The first kappa shape index (κ1) is 14.7. The van der Waals surface area contributed by atoms with E-state index < -0.39 is 0 Å². The molecule has 0 saturated carbocycles. The number of aliphatic hydroxyl groups is 1. The molecule has 1 fully saturated rings. The van der Waals surface area contributed by atoms with E-state index in [2.05, 4.69) is 0 Å². The zero-order valence-corrected chi connectivity index (χ0v) is 11.7. The minimum atomic E-state index is -0.248. The lowest BCUT2D eigenvalue weighted by Crippen LogP contribution is -2.42. The summed E-state index contributed by atoms with van der Waals surface area (Å²) in [6.45, 7) is 0.567. The Morgan fingerprint density at radius 2 is 2.20 bits per heavy atom. The highest BCUT2D eigenvalue weighted by molar-refractivity contribution is 5.97. The monoisotopic (exact) mass is 279 g/mol. The summed E-state index contributed by atoms with van der Waals surface area (Å²) >= 11 is 0. The Morgan fingerprint density at radius 3 is 2.90 bits per heavy atom. The lowest BCUT2D eigenvalue weighted by atomic mass is 10.1. The van der Waals surface area contributed by atoms with Gasteiger partial charge in [0.25, 0.3) is 5.91 Å². The minimum absolute atomic E-state index is 0.0452. The number of aromatic hydroxyl groups is 1. The fourth-order valence-electron chi connectivity index (χ4n) is 2.65. The van der Waals surface area contributed by atoms with Crippen LogP contribution >= 0.6 is 0 Å². The Morgan fingerprint density at radius 1 is 1.40 bits per heavy atom. The Balaban J connectivity index is 2.29. The molecule has 1 saturated heterocycles. The van der Waals surface area contributed by atoms with E-state index in [-0.39, 0.29) is 35.6 Å². The molecule has 2 N–H and O–H groups in total. The second-order valence-corrected chi connectivity index (χ2v) is 5.04. The average Bonchev–Trinajstić information content (AvgIpc) is 2.72. The molecule has 0 aliphatic carbocycles. The number of rotatable bonds is 3. The topological polar surface area (TPSA) is 70.0 Å². The van der Waals surface area contributed by atoms with Crippen LogP contribution in [-0.2, 0) is 0 Å². The Hall–Kier alpha value is -1.75. The van der Waals surface area contributed by atoms with Gasteiger partial charge in [0.15, 0.2) is 11.5 Å². The van der Waals surface area contributed by atoms with Gasteiger partial charge in [0.1, 0.15) is 0 Å². The SMILES string of the molecule is COc1cccc(C(=O)N2CCCCCC2CO)c1O. The van der Waals surface area contributed by atoms with Gasteiger partial charge in [0, 0.05) is 6.54 Å². The molecule has 0 aromatic heterocycles. The van der Waals surface area contributed by atoms with Gasteiger partial charge in [-0.15, -0.1) is 0 Å². The molecule has 2 rings (SSSR count). The van der Waals surface area contributed by atoms with Crippen LogP contribution in [0.15, 0.2) is 18.2 Å². The van der Waals surface area contributed by atoms with Crippen molar-refractivity contribution in [2.45, 2.75) is 31.7 Å². The van der Waals surface area contributed by atoms with E-state index >= 15 is 0 Å². The maximum atomic E-state index is 12.6. The van der Waals surface area contributed by atoms with Crippen LogP contribution in [0.2, 0.25) is 0 Å². The molecule has 20 heavy (non-hydrogen) atoms. The van der Waals surface area contributed by atoms with Gasteiger partial charge >= 0.3 is 0 Å². The summed E-state index contributed by atoms with van der Waals surface area (Å²) in [7, 11) is 1.45. The quantitative estimate of drug-likeness (QED) is 0.885. The molecule has 1 amide bonds. The predicted molar refractivity (Wildman–Crippen MR) is 75.0 cm³/mol. The van der Waals surface area contributed by atoms with Crippen LogP contribution in [0.25, 0.3) is 0 Å². The van der Waals surface area contributed by atoms with Crippen molar-refractivity contribution in [2.24, 2.45) is 0 Å². The van der Waals surface area contributed by atoms with Gasteiger partial charge < -0.3 is 19.8 Å². The minimum Gasteiger partial charge on any atom is -0.504 e. The number of carbonyl (C=O) groups excluding carboxylic acids is 1. The van der Waals surface area contributed by atoms with Crippen molar-refractivity contribution in [3.05, 3.63) is 23.8 Å². The molecule has 1 aromatic carbocycles. The number of methoxy groups -OCH3 is 1. The van der Waals surface area contributed by atoms with Crippen LogP contribution in [0.3, 0.4) is 0 Å². The van der Waals surface area contributed by atoms with Gasteiger partial charge in [-0.1, -0.05) is 18.9 Å². The molecule has 0 radical (unpaired) electrons. The highest BCUT2D eigenvalue weighted by Crippen LogP contribution is 2.31. The highest BCUT2D eigenvalue weighted by Gasteiger charge is 2.28. The Labute approximate surface area is 118 Å². The van der Waals surface area contributed by atoms with Crippen molar-refractivity contribution in [1.29, 1.82) is 0 Å². The van der Waals surface area contributed by atoms with Gasteiger partial charge in [-0.2, -0.15) is 0 Å². The Bertz CT molecular complexity index is 475. The van der Waals surface area contributed by atoms with Crippen LogP contribution in [-0.4, -0.2) is 47.3 Å². The molecule has 1 heterocycles. The first-order valence-electron chi connectivity index (χ1n) is 6.96. The van der Waals surface area contributed by atoms with Crippen molar-refractivity contribution in [3.63, 3.8) is 0 Å². The molecule has 0 bridgehead atoms. The molecule has 1 unspecified atom stereocenters. The van der Waals surface area contributed by atoms with Crippen LogP contribution in [0.4, 0.5) is 0 Å². The summed E-state index contributed by atoms with van der Waals surface area (Å²) in [6.07, 6.45) is 3.80. The number of amides is 1. The molecule has 5 heteroatoms. The number of benzene rings is 1. The number of likely N-dealkylation sites (tertiary alicyclic amines) is 1. The number of para-hydroxylation sites is 1. The molecule has 1 aromatic rings. The summed E-state index contributed by atoms with van der Waals surface area (Å²) in [5.74, 6) is -0.102. The standard InChI is InChI=1S/C15H21NO4/c1-20-13-8-5-7-12(14(13)18)15(19)16-9-4-2-3-6-11(16)10-17/h5,7-8,11,17-18H,2-4,6,9-10H2,1H3. The smallest absolute Gasteiger partial charge is 0.258 e. The summed E-state index contributed by atoms with van der Waals surface area (Å²) in [6, 6.07) is 4.70. The molecule has 1 atom stereocenters. The summed E-state index contributed by atoms with van der Waals surface area (Å²) < 4.78 is 5.03. The Kier molecular flexibility index (Phi) is 4.84. The highest BCUT2D eigenvalue weighted by atomic mass is 16.5. The second-order valence-electron chi connectivity index (χ2n) is 5.04. The van der Waals surface area contributed by atoms with E-state index in [9.17, 15) is 15.0 Å². The van der Waals surface area contributed by atoms with E-state index in [1.54, 1.807) is 23.1 Å². The number of aliphatic hydroxyl groups excluding tert-OH is 1. The van der Waals surface area contributed by atoms with Crippen LogP contribution in [0, 0.1) is 0 Å². The average molecular weight is 279 g/mol. The van der Waals surface area contributed by atoms with E-state index in [0.29, 0.717) is 6.54 Å². The zero-order valence-electron chi connectivity index (χ0n) is 11.7. The van der Waals surface area contributed by atoms with E-state index in [1.807, 2.05) is 0 Å². The third kappa shape index (κ3) is 2.88. The van der Waals surface area contributed by atoms with Gasteiger partial charge in [0.05, 0.1) is 25.3 Å². The van der Waals surface area contributed by atoms with E-state index in [0.717, 1.165) is 25.7 Å². The summed E-state index contributed by atoms with van der Waals surface area (Å²) in [5.41, 5.74) is 0.227. The number of phenolic OH excluding ortho intramolecular Hbond substituents is 1. The molecule has 1 aliphatic heterocycles. The summed E-state index contributed by atoms with van der Waals surface area (Å²) in [4.78, 5) is 14.3. The lowest BCUT2D eigenvalue weighted by molar-refractivity contribution is 0.0596. The van der Waals surface area contributed by atoms with Crippen molar-refractivity contribution in [3.8, 4) is 11.5 Å². The van der Waals surface area contributed by atoms with Crippen molar-refractivity contribution >= 4 is 5.91 Å². The third-order valence-electron chi connectivity index (χ3n) is 3.80. The number of hydrogen-bond acceptors (Lipinski definition) is 4. The number of carbonyl (C=O) groups is 1. The van der Waals surface area contributed by atoms with E-state index in [4.69, 9.17) is 4.74 Å². The summed E-state index contributed by atoms with van der Waals surface area (Å²) in [5, 5.41) is 19.6. The maximum Gasteiger partial charge on any atom is 0.258 e. The second kappa shape index (κ2) is 6.61.